The summed E-state index contributed by atoms with van der Waals surface area (Å²) in [6.07, 6.45) is -0.611. The fourth-order valence-corrected chi connectivity index (χ4v) is 3.96. The molecule has 7 nitrogen and oxygen atoms in total. The van der Waals surface area contributed by atoms with Gasteiger partial charge in [0.05, 0.1) is 16.6 Å². The van der Waals surface area contributed by atoms with Gasteiger partial charge in [-0.15, -0.1) is 0 Å². The maximum absolute atomic E-state index is 12.9. The number of hydrogen-bond acceptors (Lipinski definition) is 5. The molecule has 0 fully saturated rings. The molecule has 1 unspecified atom stereocenters. The number of hydrogen-bond donors (Lipinski definition) is 2. The number of esters is 1. The van der Waals surface area contributed by atoms with Gasteiger partial charge in [0.2, 0.25) is 0 Å². The Morgan fingerprint density at radius 1 is 0.895 bits per heavy atom. The molecule has 190 valence electrons. The second kappa shape index (κ2) is 11.0. The van der Waals surface area contributed by atoms with Crippen molar-refractivity contribution < 1.29 is 19.1 Å². The van der Waals surface area contributed by atoms with Crippen LogP contribution in [0.3, 0.4) is 0 Å². The maximum Gasteiger partial charge on any atom is 0.338 e. The number of rotatable bonds is 8. The van der Waals surface area contributed by atoms with Crippen LogP contribution in [-0.4, -0.2) is 27.9 Å². The highest BCUT2D eigenvalue weighted by molar-refractivity contribution is 5.99. The third-order valence-corrected chi connectivity index (χ3v) is 6.06. The van der Waals surface area contributed by atoms with E-state index in [1.54, 1.807) is 49.4 Å². The van der Waals surface area contributed by atoms with Crippen LogP contribution in [0.25, 0.3) is 22.4 Å². The summed E-state index contributed by atoms with van der Waals surface area (Å²) in [5, 5.41) is 2.81. The van der Waals surface area contributed by atoms with E-state index in [9.17, 15) is 9.59 Å². The summed E-state index contributed by atoms with van der Waals surface area (Å²) in [5.41, 5.74) is 4.49. The SMILES string of the molecule is CCC(OC(=O)c1ccc2nc(-c3ccc(C)cc3)[nH]c2c1)C(=O)Nc1ccc(Oc2ccccc2)cc1. The number of fused-ring (bicyclic) bond motifs is 1. The lowest BCUT2D eigenvalue weighted by molar-refractivity contribution is -0.124. The number of anilines is 1. The molecule has 5 aromatic rings. The first kappa shape index (κ1) is 24.8. The second-order valence-corrected chi connectivity index (χ2v) is 8.91. The summed E-state index contributed by atoms with van der Waals surface area (Å²) in [5.74, 6) is 1.11. The Morgan fingerprint density at radius 3 is 2.32 bits per heavy atom. The summed E-state index contributed by atoms with van der Waals surface area (Å²) in [6, 6.07) is 29.6. The number of aromatic nitrogens is 2. The number of H-pyrrole nitrogens is 1. The summed E-state index contributed by atoms with van der Waals surface area (Å²) < 4.78 is 11.3. The number of aromatic amines is 1. The van der Waals surface area contributed by atoms with E-state index >= 15 is 0 Å². The normalized spacial score (nSPS) is 11.6. The number of nitrogens with zero attached hydrogens (tertiary/aromatic N) is 1. The Hall–Kier alpha value is -4.91. The van der Waals surface area contributed by atoms with Gasteiger partial charge in [-0.2, -0.15) is 0 Å². The van der Waals surface area contributed by atoms with Crippen LogP contribution >= 0.6 is 0 Å². The van der Waals surface area contributed by atoms with Gasteiger partial charge in [0.1, 0.15) is 17.3 Å². The van der Waals surface area contributed by atoms with Gasteiger partial charge in [-0.05, 0) is 67.9 Å². The molecule has 1 amide bonds. The van der Waals surface area contributed by atoms with E-state index in [1.807, 2.05) is 61.5 Å². The van der Waals surface area contributed by atoms with Crippen LogP contribution in [0.5, 0.6) is 11.5 Å². The number of para-hydroxylation sites is 1. The van der Waals surface area contributed by atoms with Crippen LogP contribution in [-0.2, 0) is 9.53 Å². The van der Waals surface area contributed by atoms with Crippen LogP contribution in [0.15, 0.2) is 97.1 Å². The van der Waals surface area contributed by atoms with Gasteiger partial charge >= 0.3 is 5.97 Å². The van der Waals surface area contributed by atoms with Gasteiger partial charge in [0.15, 0.2) is 6.10 Å². The molecule has 5 rings (SSSR count). The molecular formula is C31H27N3O4. The molecule has 0 aliphatic carbocycles. The van der Waals surface area contributed by atoms with Crippen molar-refractivity contribution in [2.75, 3.05) is 5.32 Å². The van der Waals surface area contributed by atoms with Gasteiger partial charge in [0, 0.05) is 11.3 Å². The van der Waals surface area contributed by atoms with Crippen molar-refractivity contribution in [2.24, 2.45) is 0 Å². The van der Waals surface area contributed by atoms with Crippen molar-refractivity contribution in [2.45, 2.75) is 26.4 Å². The van der Waals surface area contributed by atoms with Crippen LogP contribution in [0, 0.1) is 6.92 Å². The first-order valence-electron chi connectivity index (χ1n) is 12.4. The molecular weight excluding hydrogens is 478 g/mol. The molecule has 1 heterocycles. The number of imidazole rings is 1. The average Bonchev–Trinajstić information content (AvgIpc) is 3.37. The third-order valence-electron chi connectivity index (χ3n) is 6.06. The minimum atomic E-state index is -0.941. The Balaban J connectivity index is 1.23. The number of benzene rings is 4. The summed E-state index contributed by atoms with van der Waals surface area (Å²) >= 11 is 0. The largest absolute Gasteiger partial charge is 0.457 e. The number of carbonyl (C=O) groups is 2. The van der Waals surface area contributed by atoms with Crippen molar-refractivity contribution in [3.8, 4) is 22.9 Å². The number of amides is 1. The molecule has 2 N–H and O–H groups in total. The summed E-state index contributed by atoms with van der Waals surface area (Å²) in [6.45, 7) is 3.82. The van der Waals surface area contributed by atoms with E-state index in [1.165, 1.54) is 5.56 Å². The predicted octanol–water partition coefficient (Wildman–Crippen LogP) is 6.90. The lowest BCUT2D eigenvalue weighted by atomic mass is 10.1. The van der Waals surface area contributed by atoms with Gasteiger partial charge in [0.25, 0.3) is 5.91 Å². The van der Waals surface area contributed by atoms with E-state index in [0.717, 1.165) is 22.7 Å². The minimum absolute atomic E-state index is 0.330. The monoisotopic (exact) mass is 505 g/mol. The molecule has 38 heavy (non-hydrogen) atoms. The first-order valence-corrected chi connectivity index (χ1v) is 12.4. The van der Waals surface area contributed by atoms with Gasteiger partial charge in [-0.1, -0.05) is 55.0 Å². The van der Waals surface area contributed by atoms with Crippen LogP contribution in [0.1, 0.15) is 29.3 Å². The molecule has 0 radical (unpaired) electrons. The van der Waals surface area contributed by atoms with Gasteiger partial charge in [-0.3, -0.25) is 4.79 Å². The van der Waals surface area contributed by atoms with E-state index in [0.29, 0.717) is 28.9 Å². The van der Waals surface area contributed by atoms with Crippen LogP contribution in [0.4, 0.5) is 5.69 Å². The maximum atomic E-state index is 12.9. The Labute approximate surface area is 220 Å². The molecule has 1 aromatic heterocycles. The van der Waals surface area contributed by atoms with E-state index in [4.69, 9.17) is 9.47 Å². The zero-order chi connectivity index (χ0) is 26.5. The molecule has 4 aromatic carbocycles. The van der Waals surface area contributed by atoms with Crippen LogP contribution in [0.2, 0.25) is 0 Å². The fourth-order valence-electron chi connectivity index (χ4n) is 3.96. The first-order chi connectivity index (χ1) is 18.5. The van der Waals surface area contributed by atoms with Crippen molar-refractivity contribution >= 4 is 28.6 Å². The van der Waals surface area contributed by atoms with E-state index < -0.39 is 18.0 Å². The lowest BCUT2D eigenvalue weighted by Crippen LogP contribution is -2.32. The minimum Gasteiger partial charge on any atom is -0.457 e. The van der Waals surface area contributed by atoms with Crippen LogP contribution < -0.4 is 10.1 Å². The molecule has 1 atom stereocenters. The highest BCUT2D eigenvalue weighted by Crippen LogP contribution is 2.24. The number of nitrogens with one attached hydrogen (secondary N) is 2. The summed E-state index contributed by atoms with van der Waals surface area (Å²) in [7, 11) is 0. The van der Waals surface area contributed by atoms with E-state index in [-0.39, 0.29) is 0 Å². The molecule has 0 saturated heterocycles. The summed E-state index contributed by atoms with van der Waals surface area (Å²) in [4.78, 5) is 33.6. The van der Waals surface area contributed by atoms with Crippen molar-refractivity contribution in [3.05, 3.63) is 108 Å². The molecule has 0 aliphatic rings. The highest BCUT2D eigenvalue weighted by Gasteiger charge is 2.22. The van der Waals surface area contributed by atoms with Crippen molar-refractivity contribution in [1.82, 2.24) is 9.97 Å². The van der Waals surface area contributed by atoms with Crippen molar-refractivity contribution in [1.29, 1.82) is 0 Å². The van der Waals surface area contributed by atoms with Gasteiger partial charge < -0.3 is 19.8 Å². The second-order valence-electron chi connectivity index (χ2n) is 8.91. The molecule has 0 saturated carbocycles. The Morgan fingerprint density at radius 2 is 1.61 bits per heavy atom. The third kappa shape index (κ3) is 5.73. The quantitative estimate of drug-likeness (QED) is 0.224. The average molecular weight is 506 g/mol. The number of aryl methyl sites for hydroxylation is 1. The van der Waals surface area contributed by atoms with E-state index in [2.05, 4.69) is 15.3 Å². The number of ether oxygens (including phenoxy) is 2. The highest BCUT2D eigenvalue weighted by atomic mass is 16.5. The molecule has 0 aliphatic heterocycles. The standard InChI is InChI=1S/C31H27N3O4/c1-3-28(30(35)32-23-14-16-25(17-15-23)37-24-7-5-4-6-8-24)38-31(36)22-13-18-26-27(19-22)34-29(33-26)21-11-9-20(2)10-12-21/h4-19,28H,3H2,1-2H3,(H,32,35)(H,33,34). The predicted molar refractivity (Wildman–Crippen MR) is 147 cm³/mol. The molecule has 0 bridgehead atoms. The topological polar surface area (TPSA) is 93.3 Å². The van der Waals surface area contributed by atoms with Crippen molar-refractivity contribution in [3.63, 3.8) is 0 Å². The zero-order valence-electron chi connectivity index (χ0n) is 21.1. The Kier molecular flexibility index (Phi) is 7.17. The lowest BCUT2D eigenvalue weighted by Gasteiger charge is -2.16. The molecule has 7 heteroatoms. The number of carbonyl (C=O) groups excluding carboxylic acids is 2. The molecule has 0 spiro atoms. The smallest absolute Gasteiger partial charge is 0.338 e. The Bertz CT molecular complexity index is 1560. The fraction of sp³-hybridized carbons (Fsp3) is 0.129. The zero-order valence-corrected chi connectivity index (χ0v) is 21.1. The van der Waals surface area contributed by atoms with Gasteiger partial charge in [-0.25, -0.2) is 9.78 Å².